The number of hydrogen-bond donors (Lipinski definition) is 1. The van der Waals surface area contributed by atoms with Crippen LogP contribution in [-0.2, 0) is 11.3 Å². The van der Waals surface area contributed by atoms with Crippen LogP contribution in [0.3, 0.4) is 0 Å². The van der Waals surface area contributed by atoms with Gasteiger partial charge in [0.05, 0.1) is 18.8 Å². The Hall–Kier alpha value is -1.14. The molecule has 0 radical (unpaired) electrons. The maximum atomic E-state index is 13.5. The van der Waals surface area contributed by atoms with E-state index in [-0.39, 0.29) is 24.3 Å². The lowest BCUT2D eigenvalue weighted by molar-refractivity contribution is 0.0695. The van der Waals surface area contributed by atoms with E-state index in [1.807, 2.05) is 0 Å². The molecule has 0 amide bonds. The number of benzene rings is 1. The molecule has 2 rings (SSSR count). The van der Waals surface area contributed by atoms with Gasteiger partial charge in [-0.05, 0) is 12.1 Å². The van der Waals surface area contributed by atoms with Gasteiger partial charge in [-0.15, -0.1) is 0 Å². The molecule has 1 heterocycles. The van der Waals surface area contributed by atoms with Gasteiger partial charge in [0.15, 0.2) is 5.50 Å². The summed E-state index contributed by atoms with van der Waals surface area (Å²) < 4.78 is 31.6. The zero-order chi connectivity index (χ0) is 11.7. The number of thioether (sulfide) groups is 1. The van der Waals surface area contributed by atoms with Crippen LogP contribution in [0.2, 0.25) is 0 Å². The van der Waals surface area contributed by atoms with Crippen molar-refractivity contribution >= 4 is 17.7 Å². The number of carboxylic acid groups (broad SMARTS) is 1. The van der Waals surface area contributed by atoms with Gasteiger partial charge in [0, 0.05) is 10.5 Å². The minimum Gasteiger partial charge on any atom is -0.478 e. The first-order valence-electron chi connectivity index (χ1n) is 4.52. The van der Waals surface area contributed by atoms with E-state index in [0.717, 1.165) is 17.8 Å². The molecule has 16 heavy (non-hydrogen) atoms. The van der Waals surface area contributed by atoms with Crippen molar-refractivity contribution in [2.75, 3.05) is 6.61 Å². The van der Waals surface area contributed by atoms with Gasteiger partial charge < -0.3 is 9.84 Å². The number of rotatable bonds is 1. The highest BCUT2D eigenvalue weighted by molar-refractivity contribution is 7.99. The predicted octanol–water partition coefficient (Wildman–Crippen LogP) is 2.44. The minimum atomic E-state index is -1.30. The first-order valence-corrected chi connectivity index (χ1v) is 5.40. The number of carboxylic acids is 1. The highest BCUT2D eigenvalue weighted by Crippen LogP contribution is 2.33. The Morgan fingerprint density at radius 3 is 3.00 bits per heavy atom. The van der Waals surface area contributed by atoms with Crippen molar-refractivity contribution in [3.63, 3.8) is 0 Å². The lowest BCUT2D eigenvalue weighted by Crippen LogP contribution is -2.02. The van der Waals surface area contributed by atoms with Gasteiger partial charge in [-0.2, -0.15) is 0 Å². The molecule has 1 aromatic carbocycles. The van der Waals surface area contributed by atoms with Gasteiger partial charge >= 0.3 is 5.97 Å². The van der Waals surface area contributed by atoms with E-state index in [1.165, 1.54) is 6.07 Å². The Balaban J connectivity index is 2.48. The summed E-state index contributed by atoms with van der Waals surface area (Å²) in [6.07, 6.45) is 0. The Morgan fingerprint density at radius 1 is 1.56 bits per heavy atom. The molecule has 1 atom stereocenters. The fraction of sp³-hybridized carbons (Fsp3) is 0.300. The standard InChI is InChI=1S/C10H8F2O3S/c11-7-1-5(10(13)14)2-8-6(7)3-15-4-9(12)16-8/h1-2,9H,3-4H2,(H,13,14). The van der Waals surface area contributed by atoms with Crippen molar-refractivity contribution in [3.05, 3.63) is 29.1 Å². The summed E-state index contributed by atoms with van der Waals surface area (Å²) in [4.78, 5) is 11.0. The summed E-state index contributed by atoms with van der Waals surface area (Å²) >= 11 is 0.783. The molecule has 0 saturated heterocycles. The summed E-state index contributed by atoms with van der Waals surface area (Å²) in [6, 6.07) is 2.19. The highest BCUT2D eigenvalue weighted by Gasteiger charge is 2.21. The second-order valence-electron chi connectivity index (χ2n) is 3.28. The molecule has 0 fully saturated rings. The summed E-state index contributed by atoms with van der Waals surface area (Å²) in [5.41, 5.74) is -1.27. The third-order valence-electron chi connectivity index (χ3n) is 2.15. The minimum absolute atomic E-state index is 0.0332. The summed E-state index contributed by atoms with van der Waals surface area (Å²) in [7, 11) is 0. The molecule has 0 aromatic heterocycles. The van der Waals surface area contributed by atoms with Crippen molar-refractivity contribution in [2.24, 2.45) is 0 Å². The van der Waals surface area contributed by atoms with Crippen LogP contribution >= 0.6 is 11.8 Å². The fourth-order valence-corrected chi connectivity index (χ4v) is 2.34. The highest BCUT2D eigenvalue weighted by atomic mass is 32.2. The Morgan fingerprint density at radius 2 is 2.31 bits per heavy atom. The molecule has 1 aliphatic heterocycles. The van der Waals surface area contributed by atoms with Crippen molar-refractivity contribution in [2.45, 2.75) is 17.0 Å². The van der Waals surface area contributed by atoms with Gasteiger partial charge in [-0.1, -0.05) is 11.8 Å². The van der Waals surface area contributed by atoms with E-state index in [0.29, 0.717) is 4.90 Å². The van der Waals surface area contributed by atoms with Crippen LogP contribution in [0.4, 0.5) is 8.78 Å². The van der Waals surface area contributed by atoms with Crippen LogP contribution in [0.5, 0.6) is 0 Å². The van der Waals surface area contributed by atoms with Gasteiger partial charge in [-0.3, -0.25) is 0 Å². The molecule has 1 aromatic rings. The van der Waals surface area contributed by atoms with Gasteiger partial charge in [-0.25, -0.2) is 13.6 Å². The maximum absolute atomic E-state index is 13.5. The fourth-order valence-electron chi connectivity index (χ4n) is 1.41. The van der Waals surface area contributed by atoms with Crippen molar-refractivity contribution in [1.82, 2.24) is 0 Å². The Bertz CT molecular complexity index is 436. The second-order valence-corrected chi connectivity index (χ2v) is 4.47. The molecule has 0 aliphatic carbocycles. The maximum Gasteiger partial charge on any atom is 0.335 e. The topological polar surface area (TPSA) is 46.5 Å². The largest absolute Gasteiger partial charge is 0.478 e. The molecule has 0 bridgehead atoms. The molecule has 0 spiro atoms. The first kappa shape index (κ1) is 11.3. The Labute approximate surface area is 94.4 Å². The van der Waals surface area contributed by atoms with E-state index < -0.39 is 17.3 Å². The van der Waals surface area contributed by atoms with E-state index >= 15 is 0 Å². The van der Waals surface area contributed by atoms with Crippen molar-refractivity contribution < 1.29 is 23.4 Å². The normalized spacial score (nSPS) is 20.0. The predicted molar refractivity (Wildman–Crippen MR) is 53.8 cm³/mol. The number of carbonyl (C=O) groups is 1. The van der Waals surface area contributed by atoms with Gasteiger partial charge in [0.25, 0.3) is 0 Å². The molecule has 1 N–H and O–H groups in total. The van der Waals surface area contributed by atoms with Crippen LogP contribution in [0, 0.1) is 5.82 Å². The average molecular weight is 246 g/mol. The first-order chi connectivity index (χ1) is 7.58. The summed E-state index contributed by atoms with van der Waals surface area (Å²) in [5.74, 6) is -1.90. The quantitative estimate of drug-likeness (QED) is 0.826. The van der Waals surface area contributed by atoms with Crippen molar-refractivity contribution in [3.8, 4) is 0 Å². The lowest BCUT2D eigenvalue weighted by atomic mass is 10.1. The van der Waals surface area contributed by atoms with Gasteiger partial charge in [0.1, 0.15) is 5.82 Å². The number of alkyl halides is 1. The molecule has 6 heteroatoms. The van der Waals surface area contributed by atoms with Crippen LogP contribution < -0.4 is 0 Å². The Kier molecular flexibility index (Phi) is 3.11. The molecule has 1 aliphatic rings. The molecule has 86 valence electrons. The second kappa shape index (κ2) is 4.39. The SMILES string of the molecule is O=C(O)c1cc(F)c2c(c1)SC(F)COC2. The number of aromatic carboxylic acids is 1. The molecule has 0 saturated carbocycles. The van der Waals surface area contributed by atoms with Crippen LogP contribution in [0.25, 0.3) is 0 Å². The van der Waals surface area contributed by atoms with E-state index in [2.05, 4.69) is 0 Å². The number of halogens is 2. The zero-order valence-corrected chi connectivity index (χ0v) is 8.89. The summed E-state index contributed by atoms with van der Waals surface area (Å²) in [5, 5.41) is 8.75. The van der Waals surface area contributed by atoms with Crippen LogP contribution in [0.1, 0.15) is 15.9 Å². The average Bonchev–Trinajstić information content (AvgIpc) is 2.38. The third-order valence-corrected chi connectivity index (χ3v) is 3.16. The molecular weight excluding hydrogens is 238 g/mol. The molecule has 1 unspecified atom stereocenters. The number of hydrogen-bond acceptors (Lipinski definition) is 3. The van der Waals surface area contributed by atoms with Crippen molar-refractivity contribution in [1.29, 1.82) is 0 Å². The monoisotopic (exact) mass is 246 g/mol. The van der Waals surface area contributed by atoms with E-state index in [1.54, 1.807) is 0 Å². The van der Waals surface area contributed by atoms with E-state index in [4.69, 9.17) is 9.84 Å². The lowest BCUT2D eigenvalue weighted by Gasteiger charge is -2.07. The smallest absolute Gasteiger partial charge is 0.335 e. The number of fused-ring (bicyclic) bond motifs is 1. The number of ether oxygens (including phenoxy) is 1. The molecular formula is C10H8F2O3S. The zero-order valence-electron chi connectivity index (χ0n) is 8.07. The van der Waals surface area contributed by atoms with Crippen LogP contribution in [-0.4, -0.2) is 23.2 Å². The van der Waals surface area contributed by atoms with Crippen LogP contribution in [0.15, 0.2) is 17.0 Å². The van der Waals surface area contributed by atoms with Gasteiger partial charge in [0.2, 0.25) is 0 Å². The third kappa shape index (κ3) is 2.17. The van der Waals surface area contributed by atoms with E-state index in [9.17, 15) is 13.6 Å². The molecule has 3 nitrogen and oxygen atoms in total. The summed E-state index contributed by atoms with van der Waals surface area (Å²) in [6.45, 7) is -0.157.